The second kappa shape index (κ2) is 6.72. The molecule has 1 amide bonds. The highest BCUT2D eigenvalue weighted by Gasteiger charge is 2.25. The molecule has 2 aromatic rings. The molecule has 1 N–H and O–H groups in total. The number of hydrogen-bond donors (Lipinski definition) is 1. The van der Waals surface area contributed by atoms with Gasteiger partial charge in [0.15, 0.2) is 0 Å². The molecule has 8 heteroatoms. The lowest BCUT2D eigenvalue weighted by Crippen LogP contribution is -2.31. The van der Waals surface area contributed by atoms with E-state index in [4.69, 9.17) is 11.6 Å². The Kier molecular flexibility index (Phi) is 5.11. The first kappa shape index (κ1) is 17.5. The lowest BCUT2D eigenvalue weighted by molar-refractivity contribution is -0.119. The van der Waals surface area contributed by atoms with Crippen molar-refractivity contribution in [2.75, 3.05) is 0 Å². The SMILES string of the molecule is Cc1nn(C)c(C)c1S(=O)(=O)NC(=O)CCc1cccc(Cl)c1. The maximum Gasteiger partial charge on any atom is 0.267 e. The number of nitrogens with one attached hydrogen (secondary N) is 1. The van der Waals surface area contributed by atoms with Gasteiger partial charge in [-0.25, -0.2) is 13.1 Å². The number of aromatic nitrogens is 2. The summed E-state index contributed by atoms with van der Waals surface area (Å²) in [6, 6.07) is 7.11. The Morgan fingerprint density at radius 2 is 2.04 bits per heavy atom. The highest BCUT2D eigenvalue weighted by atomic mass is 35.5. The number of benzene rings is 1. The first-order valence-electron chi connectivity index (χ1n) is 7.01. The second-order valence-corrected chi connectivity index (χ2v) is 7.34. The number of rotatable bonds is 5. The summed E-state index contributed by atoms with van der Waals surface area (Å²) in [5.74, 6) is -0.562. The first-order valence-corrected chi connectivity index (χ1v) is 8.87. The number of amides is 1. The molecule has 1 aromatic heterocycles. The van der Waals surface area contributed by atoms with E-state index in [-0.39, 0.29) is 11.3 Å². The van der Waals surface area contributed by atoms with Crippen molar-refractivity contribution >= 4 is 27.5 Å². The van der Waals surface area contributed by atoms with E-state index in [0.29, 0.717) is 22.8 Å². The second-order valence-electron chi connectivity index (χ2n) is 5.28. The highest BCUT2D eigenvalue weighted by molar-refractivity contribution is 7.90. The molecule has 124 valence electrons. The monoisotopic (exact) mass is 355 g/mol. The van der Waals surface area contributed by atoms with Crippen LogP contribution in [0.2, 0.25) is 5.02 Å². The number of hydrogen-bond acceptors (Lipinski definition) is 4. The van der Waals surface area contributed by atoms with Gasteiger partial charge < -0.3 is 0 Å². The third kappa shape index (κ3) is 4.11. The molecule has 23 heavy (non-hydrogen) atoms. The van der Waals surface area contributed by atoms with Gasteiger partial charge >= 0.3 is 0 Å². The van der Waals surface area contributed by atoms with Gasteiger partial charge in [0, 0.05) is 18.5 Å². The van der Waals surface area contributed by atoms with Crippen molar-refractivity contribution in [1.29, 1.82) is 0 Å². The predicted molar refractivity (Wildman–Crippen MR) is 87.8 cm³/mol. The average Bonchev–Trinajstić information content (AvgIpc) is 2.70. The fourth-order valence-electron chi connectivity index (χ4n) is 2.35. The average molecular weight is 356 g/mol. The summed E-state index contributed by atoms with van der Waals surface area (Å²) >= 11 is 5.88. The largest absolute Gasteiger partial charge is 0.274 e. The van der Waals surface area contributed by atoms with Crippen molar-refractivity contribution in [2.24, 2.45) is 7.05 Å². The first-order chi connectivity index (χ1) is 10.7. The topological polar surface area (TPSA) is 81.1 Å². The molecule has 0 radical (unpaired) electrons. The zero-order chi connectivity index (χ0) is 17.2. The molecule has 1 aromatic carbocycles. The maximum atomic E-state index is 12.4. The van der Waals surface area contributed by atoms with Crippen molar-refractivity contribution in [3.63, 3.8) is 0 Å². The highest BCUT2D eigenvalue weighted by Crippen LogP contribution is 2.18. The van der Waals surface area contributed by atoms with Crippen LogP contribution in [0.4, 0.5) is 0 Å². The Morgan fingerprint density at radius 3 is 2.61 bits per heavy atom. The fourth-order valence-corrected chi connectivity index (χ4v) is 4.01. The van der Waals surface area contributed by atoms with Crippen LogP contribution in [0.1, 0.15) is 23.4 Å². The van der Waals surface area contributed by atoms with E-state index in [2.05, 4.69) is 9.82 Å². The van der Waals surface area contributed by atoms with E-state index in [1.807, 2.05) is 6.07 Å². The number of nitrogens with zero attached hydrogens (tertiary/aromatic N) is 2. The van der Waals surface area contributed by atoms with Crippen molar-refractivity contribution in [1.82, 2.24) is 14.5 Å². The van der Waals surface area contributed by atoms with Gasteiger partial charge in [0.25, 0.3) is 10.0 Å². The van der Waals surface area contributed by atoms with E-state index in [9.17, 15) is 13.2 Å². The molecule has 0 saturated carbocycles. The molecule has 2 rings (SSSR count). The van der Waals surface area contributed by atoms with E-state index < -0.39 is 15.9 Å². The molecule has 6 nitrogen and oxygen atoms in total. The van der Waals surface area contributed by atoms with Crippen molar-refractivity contribution in [2.45, 2.75) is 31.6 Å². The molecule has 0 aliphatic heterocycles. The molecule has 0 unspecified atom stereocenters. The number of sulfonamides is 1. The van der Waals surface area contributed by atoms with E-state index in [1.54, 1.807) is 39.1 Å². The summed E-state index contributed by atoms with van der Waals surface area (Å²) in [6.45, 7) is 3.24. The molecule has 0 fully saturated rings. The number of aryl methyl sites for hydroxylation is 3. The molecule has 0 bridgehead atoms. The van der Waals surface area contributed by atoms with Gasteiger partial charge in [-0.05, 0) is 38.0 Å². The molecule has 0 aliphatic carbocycles. The van der Waals surface area contributed by atoms with Crippen LogP contribution in [-0.4, -0.2) is 24.1 Å². The zero-order valence-corrected chi connectivity index (χ0v) is 14.7. The zero-order valence-electron chi connectivity index (χ0n) is 13.1. The van der Waals surface area contributed by atoms with Crippen LogP contribution in [-0.2, 0) is 28.3 Å². The van der Waals surface area contributed by atoms with Crippen LogP contribution < -0.4 is 4.72 Å². The van der Waals surface area contributed by atoms with Crippen LogP contribution in [0.5, 0.6) is 0 Å². The summed E-state index contributed by atoms with van der Waals surface area (Å²) in [6.07, 6.45) is 0.463. The van der Waals surface area contributed by atoms with Crippen molar-refractivity contribution in [3.8, 4) is 0 Å². The minimum absolute atomic E-state index is 0.0519. The van der Waals surface area contributed by atoms with Gasteiger partial charge in [0.2, 0.25) is 5.91 Å². The Morgan fingerprint density at radius 1 is 1.35 bits per heavy atom. The van der Waals surface area contributed by atoms with Crippen molar-refractivity contribution in [3.05, 3.63) is 46.2 Å². The fraction of sp³-hybridized carbons (Fsp3) is 0.333. The van der Waals surface area contributed by atoms with E-state index in [0.717, 1.165) is 5.56 Å². The van der Waals surface area contributed by atoms with E-state index in [1.165, 1.54) is 4.68 Å². The molecular formula is C15H18ClN3O3S. The minimum Gasteiger partial charge on any atom is -0.274 e. The Labute approximate surface area is 140 Å². The summed E-state index contributed by atoms with van der Waals surface area (Å²) < 4.78 is 28.3. The van der Waals surface area contributed by atoms with Crippen LogP contribution in [0.3, 0.4) is 0 Å². The lowest BCUT2D eigenvalue weighted by Gasteiger charge is -2.07. The molecular weight excluding hydrogens is 338 g/mol. The number of carbonyl (C=O) groups excluding carboxylic acids is 1. The number of carbonyl (C=O) groups is 1. The van der Waals surface area contributed by atoms with Gasteiger partial charge in [0.1, 0.15) is 4.90 Å². The molecule has 0 atom stereocenters. The van der Waals surface area contributed by atoms with Gasteiger partial charge in [-0.15, -0.1) is 0 Å². The summed E-state index contributed by atoms with van der Waals surface area (Å²) in [7, 11) is -2.27. The third-order valence-corrected chi connectivity index (χ3v) is 5.35. The maximum absolute atomic E-state index is 12.4. The van der Waals surface area contributed by atoms with Gasteiger partial charge in [-0.2, -0.15) is 5.10 Å². The van der Waals surface area contributed by atoms with Crippen LogP contribution >= 0.6 is 11.6 Å². The van der Waals surface area contributed by atoms with Gasteiger partial charge in [-0.1, -0.05) is 23.7 Å². The third-order valence-electron chi connectivity index (χ3n) is 3.49. The molecule has 0 spiro atoms. The Bertz CT molecular complexity index is 844. The predicted octanol–water partition coefficient (Wildman–Crippen LogP) is 2.13. The summed E-state index contributed by atoms with van der Waals surface area (Å²) in [5.41, 5.74) is 1.72. The lowest BCUT2D eigenvalue weighted by atomic mass is 10.1. The Balaban J connectivity index is 2.07. The molecule has 0 saturated heterocycles. The van der Waals surface area contributed by atoms with Gasteiger partial charge in [0.05, 0.1) is 11.4 Å². The van der Waals surface area contributed by atoms with Gasteiger partial charge in [-0.3, -0.25) is 9.48 Å². The molecule has 1 heterocycles. The number of halogens is 1. The summed E-state index contributed by atoms with van der Waals surface area (Å²) in [4.78, 5) is 12.0. The standard InChI is InChI=1S/C15H18ClN3O3S/c1-10-15(11(2)19(3)17-10)23(21,22)18-14(20)8-7-12-5-4-6-13(16)9-12/h4-6,9H,7-8H2,1-3H3,(H,18,20). The van der Waals surface area contributed by atoms with Crippen LogP contribution in [0.25, 0.3) is 0 Å². The summed E-state index contributed by atoms with van der Waals surface area (Å²) in [5, 5.41) is 4.64. The van der Waals surface area contributed by atoms with Crippen LogP contribution in [0, 0.1) is 13.8 Å². The van der Waals surface area contributed by atoms with E-state index >= 15 is 0 Å². The van der Waals surface area contributed by atoms with Crippen molar-refractivity contribution < 1.29 is 13.2 Å². The smallest absolute Gasteiger partial charge is 0.267 e. The molecule has 0 aliphatic rings. The quantitative estimate of drug-likeness (QED) is 0.890. The minimum atomic E-state index is -3.92. The Hall–Kier alpha value is -1.86. The van der Waals surface area contributed by atoms with Crippen LogP contribution in [0.15, 0.2) is 29.2 Å². The normalized spacial score (nSPS) is 11.5.